The lowest BCUT2D eigenvalue weighted by Crippen LogP contribution is -2.28. The van der Waals surface area contributed by atoms with E-state index in [1.165, 1.54) is 12.3 Å². The summed E-state index contributed by atoms with van der Waals surface area (Å²) in [6.07, 6.45) is 3.31. The molecule has 3 aromatic heterocycles. The van der Waals surface area contributed by atoms with Crippen LogP contribution in [0.5, 0.6) is 0 Å². The Balaban J connectivity index is 1.77. The number of hydrogen-bond acceptors (Lipinski definition) is 3. The number of aromatic amines is 1. The van der Waals surface area contributed by atoms with Crippen molar-refractivity contribution in [1.82, 2.24) is 19.7 Å². The molecule has 3 aromatic rings. The van der Waals surface area contributed by atoms with E-state index in [9.17, 15) is 9.59 Å². The minimum Gasteiger partial charge on any atom is -0.364 e. The predicted molar refractivity (Wildman–Crippen MR) is 82.9 cm³/mol. The third kappa shape index (κ3) is 2.63. The molecule has 3 heterocycles. The van der Waals surface area contributed by atoms with Crippen molar-refractivity contribution in [2.45, 2.75) is 20.4 Å². The van der Waals surface area contributed by atoms with Crippen molar-refractivity contribution < 1.29 is 4.79 Å². The number of aromatic nitrogens is 3. The molecule has 0 aromatic carbocycles. The van der Waals surface area contributed by atoms with Crippen molar-refractivity contribution in [1.29, 1.82) is 0 Å². The van der Waals surface area contributed by atoms with Crippen LogP contribution in [0.25, 0.3) is 5.65 Å². The molecule has 0 atom stereocenters. The second kappa shape index (κ2) is 5.48. The van der Waals surface area contributed by atoms with Gasteiger partial charge in [-0.2, -0.15) is 0 Å². The largest absolute Gasteiger partial charge is 0.364 e. The number of amides is 1. The summed E-state index contributed by atoms with van der Waals surface area (Å²) < 4.78 is 1.96. The lowest BCUT2D eigenvalue weighted by molar-refractivity contribution is 0.0949. The van der Waals surface area contributed by atoms with Crippen LogP contribution in [0, 0.1) is 13.8 Å². The van der Waals surface area contributed by atoms with Crippen LogP contribution in [0.1, 0.15) is 27.4 Å². The van der Waals surface area contributed by atoms with Gasteiger partial charge in [0.2, 0.25) is 0 Å². The summed E-state index contributed by atoms with van der Waals surface area (Å²) in [6.45, 7) is 4.03. The number of carbonyl (C=O) groups excluding carboxylic acids is 1. The minimum atomic E-state index is -0.407. The molecule has 0 aliphatic rings. The number of fused-ring (bicyclic) bond motifs is 1. The first-order valence-electron chi connectivity index (χ1n) is 6.96. The number of imidazole rings is 1. The van der Waals surface area contributed by atoms with Crippen molar-refractivity contribution in [2.75, 3.05) is 0 Å². The maximum Gasteiger partial charge on any atom is 0.257 e. The molecule has 0 unspecified atom stereocenters. The van der Waals surface area contributed by atoms with Crippen molar-refractivity contribution in [2.24, 2.45) is 0 Å². The fraction of sp³-hybridized carbons (Fsp3) is 0.188. The van der Waals surface area contributed by atoms with Crippen LogP contribution in [-0.4, -0.2) is 20.3 Å². The van der Waals surface area contributed by atoms with Crippen molar-refractivity contribution in [3.05, 3.63) is 69.5 Å². The zero-order chi connectivity index (χ0) is 15.7. The van der Waals surface area contributed by atoms with E-state index in [-0.39, 0.29) is 17.5 Å². The van der Waals surface area contributed by atoms with E-state index >= 15 is 0 Å². The molecule has 0 bridgehead atoms. The molecule has 0 spiro atoms. The monoisotopic (exact) mass is 296 g/mol. The van der Waals surface area contributed by atoms with Crippen molar-refractivity contribution >= 4 is 11.6 Å². The molecular formula is C16H16N4O2. The molecule has 0 saturated heterocycles. The summed E-state index contributed by atoms with van der Waals surface area (Å²) in [7, 11) is 0. The zero-order valence-corrected chi connectivity index (χ0v) is 12.4. The molecule has 0 fully saturated rings. The van der Waals surface area contributed by atoms with Crippen LogP contribution in [-0.2, 0) is 6.54 Å². The predicted octanol–water partition coefficient (Wildman–Crippen LogP) is 1.57. The molecule has 112 valence electrons. The Kier molecular flexibility index (Phi) is 3.50. The van der Waals surface area contributed by atoms with E-state index in [0.717, 1.165) is 22.7 Å². The second-order valence-corrected chi connectivity index (χ2v) is 5.20. The number of pyridine rings is 2. The Bertz CT molecular complexity index is 908. The quantitative estimate of drug-likeness (QED) is 0.770. The summed E-state index contributed by atoms with van der Waals surface area (Å²) in [5, 5.41) is 2.72. The Morgan fingerprint density at radius 2 is 2.18 bits per heavy atom. The maximum atomic E-state index is 12.1. The van der Waals surface area contributed by atoms with Crippen LogP contribution in [0.15, 0.2) is 41.5 Å². The molecule has 0 aliphatic heterocycles. The maximum absolute atomic E-state index is 12.1. The van der Waals surface area contributed by atoms with Crippen LogP contribution < -0.4 is 10.7 Å². The summed E-state index contributed by atoms with van der Waals surface area (Å²) in [5.74, 6) is -0.407. The molecule has 0 radical (unpaired) electrons. The number of hydrogen-bond donors (Lipinski definition) is 2. The minimum absolute atomic E-state index is 0.102. The van der Waals surface area contributed by atoms with E-state index in [2.05, 4.69) is 15.3 Å². The van der Waals surface area contributed by atoms with Gasteiger partial charge in [-0.25, -0.2) is 4.98 Å². The zero-order valence-electron chi connectivity index (χ0n) is 12.4. The van der Waals surface area contributed by atoms with Crippen LogP contribution in [0.4, 0.5) is 0 Å². The number of carbonyl (C=O) groups is 1. The summed E-state index contributed by atoms with van der Waals surface area (Å²) >= 11 is 0. The first-order chi connectivity index (χ1) is 10.5. The van der Waals surface area contributed by atoms with E-state index in [1.807, 2.05) is 35.7 Å². The average Bonchev–Trinajstić information content (AvgIpc) is 2.89. The van der Waals surface area contributed by atoms with Gasteiger partial charge in [-0.1, -0.05) is 6.07 Å². The van der Waals surface area contributed by atoms with Gasteiger partial charge in [0.15, 0.2) is 5.43 Å². The van der Waals surface area contributed by atoms with Crippen LogP contribution in [0.3, 0.4) is 0 Å². The Labute approximate surface area is 126 Å². The Hall–Kier alpha value is -2.89. The molecule has 1 amide bonds. The summed E-state index contributed by atoms with van der Waals surface area (Å²) in [5.41, 5.74) is 3.17. The lowest BCUT2D eigenvalue weighted by Gasteiger charge is -2.03. The number of H-pyrrole nitrogens is 1. The van der Waals surface area contributed by atoms with Crippen molar-refractivity contribution in [3.63, 3.8) is 0 Å². The van der Waals surface area contributed by atoms with E-state index < -0.39 is 5.91 Å². The highest BCUT2D eigenvalue weighted by Crippen LogP contribution is 2.08. The number of rotatable bonds is 3. The van der Waals surface area contributed by atoms with Gasteiger partial charge in [-0.3, -0.25) is 9.59 Å². The smallest absolute Gasteiger partial charge is 0.257 e. The van der Waals surface area contributed by atoms with Gasteiger partial charge < -0.3 is 14.7 Å². The fourth-order valence-electron chi connectivity index (χ4n) is 2.30. The summed E-state index contributed by atoms with van der Waals surface area (Å²) in [6, 6.07) is 7.24. The average molecular weight is 296 g/mol. The molecule has 6 nitrogen and oxygen atoms in total. The molecule has 0 saturated carbocycles. The first-order valence-corrected chi connectivity index (χ1v) is 6.96. The molecular weight excluding hydrogens is 280 g/mol. The van der Waals surface area contributed by atoms with Gasteiger partial charge in [-0.15, -0.1) is 0 Å². The number of nitrogens with one attached hydrogen (secondary N) is 2. The third-order valence-electron chi connectivity index (χ3n) is 3.48. The van der Waals surface area contributed by atoms with Crippen molar-refractivity contribution in [3.8, 4) is 0 Å². The first kappa shape index (κ1) is 14.1. The standard InChI is InChI=1S/C16H16N4O2/c1-10-6-14(21)13(8-17-10)16(22)18-7-12-9-20-11(2)4-3-5-15(20)19-12/h3-6,8-9H,7H2,1-2H3,(H,17,21)(H,18,22). The van der Waals surface area contributed by atoms with Gasteiger partial charge >= 0.3 is 0 Å². The van der Waals surface area contributed by atoms with Gasteiger partial charge in [-0.05, 0) is 26.0 Å². The SMILES string of the molecule is Cc1cc(=O)c(C(=O)NCc2cn3c(C)cccc3n2)c[nH]1. The topological polar surface area (TPSA) is 79.3 Å². The number of nitrogens with zero attached hydrogens (tertiary/aromatic N) is 2. The molecule has 0 aliphatic carbocycles. The van der Waals surface area contributed by atoms with E-state index in [0.29, 0.717) is 0 Å². The normalized spacial score (nSPS) is 10.8. The highest BCUT2D eigenvalue weighted by atomic mass is 16.2. The van der Waals surface area contributed by atoms with Crippen LogP contribution in [0.2, 0.25) is 0 Å². The Morgan fingerprint density at radius 3 is 2.91 bits per heavy atom. The second-order valence-electron chi connectivity index (χ2n) is 5.20. The highest BCUT2D eigenvalue weighted by molar-refractivity contribution is 5.93. The van der Waals surface area contributed by atoms with Gasteiger partial charge in [0, 0.05) is 29.8 Å². The number of aryl methyl sites for hydroxylation is 2. The van der Waals surface area contributed by atoms with Crippen LogP contribution >= 0.6 is 0 Å². The lowest BCUT2D eigenvalue weighted by atomic mass is 10.2. The van der Waals surface area contributed by atoms with E-state index in [1.54, 1.807) is 6.92 Å². The Morgan fingerprint density at radius 1 is 1.36 bits per heavy atom. The molecule has 6 heteroatoms. The molecule has 2 N–H and O–H groups in total. The van der Waals surface area contributed by atoms with E-state index in [4.69, 9.17) is 0 Å². The third-order valence-corrected chi connectivity index (χ3v) is 3.48. The molecule has 3 rings (SSSR count). The summed E-state index contributed by atoms with van der Waals surface area (Å²) in [4.78, 5) is 31.2. The van der Waals surface area contributed by atoms with Gasteiger partial charge in [0.25, 0.3) is 5.91 Å². The van der Waals surface area contributed by atoms with Gasteiger partial charge in [0.05, 0.1) is 12.2 Å². The highest BCUT2D eigenvalue weighted by Gasteiger charge is 2.11. The fourth-order valence-corrected chi connectivity index (χ4v) is 2.30. The molecule has 22 heavy (non-hydrogen) atoms. The van der Waals surface area contributed by atoms with Gasteiger partial charge in [0.1, 0.15) is 11.2 Å².